The van der Waals surface area contributed by atoms with Crippen LogP contribution in [0.25, 0.3) is 0 Å². The number of aldehydes is 1. The third-order valence-corrected chi connectivity index (χ3v) is 2.23. The number of carbonyl (C=O) groups is 1. The van der Waals surface area contributed by atoms with Gasteiger partial charge in [-0.25, -0.2) is 0 Å². The van der Waals surface area contributed by atoms with Crippen molar-refractivity contribution in [3.8, 4) is 0 Å². The zero-order chi connectivity index (χ0) is 10.5. The van der Waals surface area contributed by atoms with E-state index < -0.39 is 7.60 Å². The van der Waals surface area contributed by atoms with Crippen LogP contribution >= 0.6 is 7.60 Å². The average Bonchev–Trinajstić information content (AvgIpc) is 1.99. The van der Waals surface area contributed by atoms with Crippen LogP contribution in [0, 0.1) is 11.8 Å². The van der Waals surface area contributed by atoms with Gasteiger partial charge in [-0.15, -0.1) is 0 Å². The Morgan fingerprint density at radius 2 is 2.08 bits per heavy atom. The fourth-order valence-corrected chi connectivity index (χ4v) is 1.55. The second-order valence-electron chi connectivity index (χ2n) is 3.55. The third kappa shape index (κ3) is 8.16. The fraction of sp³-hybridized carbons (Fsp3) is 0.875. The van der Waals surface area contributed by atoms with E-state index in [2.05, 4.69) is 0 Å². The quantitative estimate of drug-likeness (QED) is 0.532. The number of carbonyl (C=O) groups excluding carboxylic acids is 1. The van der Waals surface area contributed by atoms with Crippen LogP contribution in [-0.4, -0.2) is 24.5 Å². The number of rotatable bonds is 6. The highest BCUT2D eigenvalue weighted by molar-refractivity contribution is 7.51. The van der Waals surface area contributed by atoms with Crippen molar-refractivity contribution in [3.63, 3.8) is 0 Å². The van der Waals surface area contributed by atoms with E-state index in [1.54, 1.807) is 0 Å². The molecule has 0 saturated carbocycles. The Balaban J connectivity index is 3.69. The van der Waals surface area contributed by atoms with Gasteiger partial charge in [0.2, 0.25) is 0 Å². The summed E-state index contributed by atoms with van der Waals surface area (Å²) in [6.45, 7) is 5.08. The van der Waals surface area contributed by atoms with Crippen LogP contribution in [0.4, 0.5) is 0 Å². The Hall–Kier alpha value is -0.180. The van der Waals surface area contributed by atoms with Crippen molar-refractivity contribution in [3.05, 3.63) is 0 Å². The molecule has 1 N–H and O–H groups in total. The molecule has 3 unspecified atom stereocenters. The molecular formula is C8H17O4P. The van der Waals surface area contributed by atoms with E-state index >= 15 is 0 Å². The first-order chi connectivity index (χ1) is 5.85. The van der Waals surface area contributed by atoms with Crippen molar-refractivity contribution in [2.45, 2.75) is 20.3 Å². The lowest BCUT2D eigenvalue weighted by Gasteiger charge is -2.14. The normalized spacial score (nSPS) is 20.3. The maximum atomic E-state index is 10.7. The molecule has 0 aliphatic rings. The van der Waals surface area contributed by atoms with Crippen LogP contribution in [0.2, 0.25) is 0 Å². The van der Waals surface area contributed by atoms with Gasteiger partial charge in [-0.1, -0.05) is 13.8 Å². The second-order valence-corrected chi connectivity index (χ2v) is 5.42. The molecule has 13 heavy (non-hydrogen) atoms. The van der Waals surface area contributed by atoms with Gasteiger partial charge in [0.05, 0.1) is 6.61 Å². The number of hydrogen-bond donors (Lipinski definition) is 1. The molecule has 3 atom stereocenters. The lowest BCUT2D eigenvalue weighted by Crippen LogP contribution is -2.09. The first kappa shape index (κ1) is 12.8. The van der Waals surface area contributed by atoms with Crippen molar-refractivity contribution < 1.29 is 18.8 Å². The molecule has 0 aromatic heterocycles. The van der Waals surface area contributed by atoms with Crippen molar-refractivity contribution in [1.29, 1.82) is 0 Å². The van der Waals surface area contributed by atoms with Gasteiger partial charge in [-0.3, -0.25) is 4.57 Å². The van der Waals surface area contributed by atoms with Crippen LogP contribution in [0.15, 0.2) is 0 Å². The molecule has 0 bridgehead atoms. The van der Waals surface area contributed by atoms with E-state index in [0.29, 0.717) is 6.42 Å². The summed E-state index contributed by atoms with van der Waals surface area (Å²) in [4.78, 5) is 19.1. The zero-order valence-corrected chi connectivity index (χ0v) is 9.16. The monoisotopic (exact) mass is 208 g/mol. The van der Waals surface area contributed by atoms with E-state index in [4.69, 9.17) is 9.42 Å². The fourth-order valence-electron chi connectivity index (χ4n) is 1.02. The standard InChI is InChI=1S/C8H17O4P/c1-7(5-9)4-8(2)6-12-13(3,10)11/h5,7-8H,4,6H2,1-3H3,(H,10,11). The Morgan fingerprint density at radius 1 is 1.54 bits per heavy atom. The van der Waals surface area contributed by atoms with Crippen LogP contribution < -0.4 is 0 Å². The van der Waals surface area contributed by atoms with Gasteiger partial charge in [-0.05, 0) is 12.3 Å². The summed E-state index contributed by atoms with van der Waals surface area (Å²) in [6, 6.07) is 0. The van der Waals surface area contributed by atoms with Crippen molar-refractivity contribution in [1.82, 2.24) is 0 Å². The summed E-state index contributed by atoms with van der Waals surface area (Å²) in [5.74, 6) is 0.106. The molecule has 0 radical (unpaired) electrons. The van der Waals surface area contributed by atoms with Gasteiger partial charge >= 0.3 is 7.60 Å². The Morgan fingerprint density at radius 3 is 2.46 bits per heavy atom. The van der Waals surface area contributed by atoms with Gasteiger partial charge in [0.15, 0.2) is 0 Å². The molecular weight excluding hydrogens is 191 g/mol. The molecule has 0 amide bonds. The largest absolute Gasteiger partial charge is 0.325 e. The Kier molecular flexibility index (Phi) is 5.45. The van der Waals surface area contributed by atoms with E-state index in [1.165, 1.54) is 0 Å². The predicted molar refractivity (Wildman–Crippen MR) is 50.7 cm³/mol. The highest BCUT2D eigenvalue weighted by Crippen LogP contribution is 2.37. The molecule has 0 saturated heterocycles. The average molecular weight is 208 g/mol. The molecule has 5 heteroatoms. The van der Waals surface area contributed by atoms with Gasteiger partial charge in [0, 0.05) is 12.6 Å². The van der Waals surface area contributed by atoms with Crippen molar-refractivity contribution >= 4 is 13.9 Å². The lowest BCUT2D eigenvalue weighted by atomic mass is 10.00. The molecule has 0 aromatic carbocycles. The van der Waals surface area contributed by atoms with Gasteiger partial charge in [0.25, 0.3) is 0 Å². The molecule has 78 valence electrons. The molecule has 0 rings (SSSR count). The predicted octanol–water partition coefficient (Wildman–Crippen LogP) is 1.68. The molecule has 0 aliphatic heterocycles. The van der Waals surface area contributed by atoms with Gasteiger partial charge < -0.3 is 14.2 Å². The van der Waals surface area contributed by atoms with E-state index in [1.807, 2.05) is 13.8 Å². The minimum atomic E-state index is -3.36. The minimum absolute atomic E-state index is 0.0199. The summed E-state index contributed by atoms with van der Waals surface area (Å²) in [6.07, 6.45) is 1.56. The first-order valence-electron chi connectivity index (χ1n) is 4.25. The highest BCUT2D eigenvalue weighted by Gasteiger charge is 2.14. The van der Waals surface area contributed by atoms with E-state index in [0.717, 1.165) is 13.0 Å². The van der Waals surface area contributed by atoms with Gasteiger partial charge in [0.1, 0.15) is 6.29 Å². The van der Waals surface area contributed by atoms with Gasteiger partial charge in [-0.2, -0.15) is 0 Å². The molecule has 0 aliphatic carbocycles. The minimum Gasteiger partial charge on any atom is -0.324 e. The Bertz CT molecular complexity index is 198. The van der Waals surface area contributed by atoms with Crippen LogP contribution in [0.3, 0.4) is 0 Å². The molecule has 0 aromatic rings. The number of hydrogen-bond acceptors (Lipinski definition) is 3. The summed E-state index contributed by atoms with van der Waals surface area (Å²) >= 11 is 0. The zero-order valence-electron chi connectivity index (χ0n) is 8.27. The van der Waals surface area contributed by atoms with E-state index in [9.17, 15) is 9.36 Å². The molecule has 0 fully saturated rings. The van der Waals surface area contributed by atoms with Crippen molar-refractivity contribution in [2.75, 3.05) is 13.3 Å². The SMILES string of the molecule is CC(C=O)CC(C)COP(C)(=O)O. The van der Waals surface area contributed by atoms with Crippen LogP contribution in [0.5, 0.6) is 0 Å². The molecule has 4 nitrogen and oxygen atoms in total. The second kappa shape index (κ2) is 5.53. The topological polar surface area (TPSA) is 63.6 Å². The lowest BCUT2D eigenvalue weighted by molar-refractivity contribution is -0.111. The van der Waals surface area contributed by atoms with Crippen LogP contribution in [0.1, 0.15) is 20.3 Å². The Labute approximate surface area is 78.8 Å². The maximum absolute atomic E-state index is 10.7. The summed E-state index contributed by atoms with van der Waals surface area (Å²) in [5, 5.41) is 0. The third-order valence-electron chi connectivity index (χ3n) is 1.61. The van der Waals surface area contributed by atoms with Crippen LogP contribution in [-0.2, 0) is 13.9 Å². The summed E-state index contributed by atoms with van der Waals surface area (Å²) < 4.78 is 15.5. The van der Waals surface area contributed by atoms with Crippen molar-refractivity contribution in [2.24, 2.45) is 11.8 Å². The molecule has 0 spiro atoms. The van der Waals surface area contributed by atoms with E-state index in [-0.39, 0.29) is 18.4 Å². The first-order valence-corrected chi connectivity index (χ1v) is 6.27. The summed E-state index contributed by atoms with van der Waals surface area (Å²) in [7, 11) is -3.36. The maximum Gasteiger partial charge on any atom is 0.325 e. The highest BCUT2D eigenvalue weighted by atomic mass is 31.2. The molecule has 0 heterocycles. The smallest absolute Gasteiger partial charge is 0.324 e. The summed E-state index contributed by atoms with van der Waals surface area (Å²) in [5.41, 5.74) is 0.